The van der Waals surface area contributed by atoms with Gasteiger partial charge in [0.05, 0.1) is 39.9 Å². The molecule has 0 fully saturated rings. The molecule has 0 saturated carbocycles. The lowest BCUT2D eigenvalue weighted by Gasteiger charge is -2.03. The number of hydrogen-bond donors (Lipinski definition) is 0. The van der Waals surface area contributed by atoms with Crippen LogP contribution in [-0.2, 0) is 0 Å². The third-order valence-electron chi connectivity index (χ3n) is 3.97. The third-order valence-corrected chi connectivity index (χ3v) is 5.72. The van der Waals surface area contributed by atoms with E-state index in [1.165, 1.54) is 23.6 Å². The molecule has 1 aliphatic heterocycles. The lowest BCUT2D eigenvalue weighted by molar-refractivity contribution is -0.385. The fraction of sp³-hybridized carbons (Fsp3) is 0.158. The molecule has 0 radical (unpaired) electrons. The van der Waals surface area contributed by atoms with Crippen molar-refractivity contribution in [2.45, 2.75) is 6.92 Å². The van der Waals surface area contributed by atoms with Gasteiger partial charge in [-0.2, -0.15) is 5.10 Å². The first-order chi connectivity index (χ1) is 14.0. The second-order valence-corrected chi connectivity index (χ2v) is 8.02. The monoisotopic (exact) mass is 428 g/mol. The number of nitro benzene ring substituents is 1. The molecule has 4 rings (SSSR count). The van der Waals surface area contributed by atoms with Gasteiger partial charge in [-0.1, -0.05) is 18.2 Å². The van der Waals surface area contributed by atoms with E-state index in [0.717, 1.165) is 16.1 Å². The summed E-state index contributed by atoms with van der Waals surface area (Å²) in [5.74, 6) is 0.812. The molecule has 0 amide bonds. The number of aromatic nitrogens is 1. The predicted octanol–water partition coefficient (Wildman–Crippen LogP) is 4.27. The number of rotatable bonds is 6. The van der Waals surface area contributed by atoms with Gasteiger partial charge in [0, 0.05) is 5.38 Å². The van der Waals surface area contributed by atoms with Crippen LogP contribution < -0.4 is 14.3 Å². The number of thiophene rings is 1. The zero-order chi connectivity index (χ0) is 20.4. The number of ether oxygens (including phenoxy) is 2. The van der Waals surface area contributed by atoms with Crippen molar-refractivity contribution in [1.29, 1.82) is 0 Å². The Morgan fingerprint density at radius 3 is 2.86 bits per heavy atom. The first-order valence-electron chi connectivity index (χ1n) is 8.54. The zero-order valence-electron chi connectivity index (χ0n) is 15.4. The largest absolute Gasteiger partial charge is 0.454 e. The van der Waals surface area contributed by atoms with Gasteiger partial charge in [0.2, 0.25) is 11.6 Å². The minimum atomic E-state index is -0.464. The summed E-state index contributed by atoms with van der Waals surface area (Å²) in [5, 5.41) is 20.0. The first-order valence-corrected chi connectivity index (χ1v) is 10.3. The first kappa shape index (κ1) is 19.1. The topological polar surface area (TPSA) is 91.2 Å². The normalized spacial score (nSPS) is 13.3. The van der Waals surface area contributed by atoms with Gasteiger partial charge in [0.1, 0.15) is 0 Å². The molecule has 0 unspecified atom stereocenters. The van der Waals surface area contributed by atoms with Crippen molar-refractivity contribution in [1.82, 2.24) is 4.68 Å². The molecule has 0 atom stereocenters. The molecule has 0 saturated heterocycles. The Labute approximate surface area is 173 Å². The number of nitro groups is 1. The van der Waals surface area contributed by atoms with Crippen LogP contribution in [0.4, 0.5) is 5.69 Å². The van der Waals surface area contributed by atoms with Crippen LogP contribution >= 0.6 is 22.7 Å². The molecule has 0 spiro atoms. The van der Waals surface area contributed by atoms with Gasteiger partial charge in [-0.3, -0.25) is 15.1 Å². The van der Waals surface area contributed by atoms with Crippen molar-refractivity contribution >= 4 is 34.6 Å². The summed E-state index contributed by atoms with van der Waals surface area (Å²) >= 11 is 3.03. The number of nitrogens with zero attached hydrogens (tertiary/aromatic N) is 4. The Kier molecular flexibility index (Phi) is 5.28. The molecular formula is C19H16N4O4S2. The second-order valence-electron chi connectivity index (χ2n) is 6.23. The van der Waals surface area contributed by atoms with Crippen LogP contribution in [0.15, 0.2) is 57.3 Å². The summed E-state index contributed by atoms with van der Waals surface area (Å²) in [7, 11) is 0. The molecule has 1 aromatic carbocycles. The second kappa shape index (κ2) is 8.02. The van der Waals surface area contributed by atoms with Crippen molar-refractivity contribution in [2.75, 3.05) is 13.3 Å². The molecule has 29 heavy (non-hydrogen) atoms. The van der Waals surface area contributed by atoms with Crippen LogP contribution in [0, 0.1) is 10.1 Å². The molecular weight excluding hydrogens is 412 g/mol. The third kappa shape index (κ3) is 3.98. The number of thiazole rings is 1. The molecule has 8 nitrogen and oxygen atoms in total. The van der Waals surface area contributed by atoms with Crippen LogP contribution in [0.5, 0.6) is 11.5 Å². The highest BCUT2D eigenvalue weighted by Crippen LogP contribution is 2.37. The fourth-order valence-electron chi connectivity index (χ4n) is 2.65. The highest BCUT2D eigenvalue weighted by atomic mass is 32.1. The molecule has 3 aromatic rings. The summed E-state index contributed by atoms with van der Waals surface area (Å²) in [6.45, 7) is 6.30. The van der Waals surface area contributed by atoms with Gasteiger partial charge >= 0.3 is 0 Å². The maximum atomic E-state index is 11.5. The standard InChI is InChI=1S/C19H16N4O4S2/c1-12(2)8-20-19-22(15(10-29-19)18-4-3-5-28-18)21-9-13-6-16-17(27-11-26-16)7-14(13)23(24)25/h3-7,9-10H,1,8,11H2,2H3. The summed E-state index contributed by atoms with van der Waals surface area (Å²) in [6, 6.07) is 6.87. The lowest BCUT2D eigenvalue weighted by Crippen LogP contribution is -2.13. The van der Waals surface area contributed by atoms with E-state index < -0.39 is 4.92 Å². The van der Waals surface area contributed by atoms with Gasteiger partial charge in [0.25, 0.3) is 5.69 Å². The molecule has 0 bridgehead atoms. The van der Waals surface area contributed by atoms with E-state index in [1.807, 2.05) is 29.8 Å². The van der Waals surface area contributed by atoms with Crippen molar-refractivity contribution in [3.63, 3.8) is 0 Å². The van der Waals surface area contributed by atoms with E-state index in [-0.39, 0.29) is 12.5 Å². The Morgan fingerprint density at radius 2 is 2.17 bits per heavy atom. The SMILES string of the molecule is C=C(C)CN=c1scc(-c2cccs2)n1N=Cc1cc2c(cc1[N+](=O)[O-])OCO2. The maximum Gasteiger partial charge on any atom is 0.282 e. The minimum Gasteiger partial charge on any atom is -0.454 e. The van der Waals surface area contributed by atoms with Crippen LogP contribution in [0.1, 0.15) is 12.5 Å². The van der Waals surface area contributed by atoms with Crippen molar-refractivity contribution in [2.24, 2.45) is 10.1 Å². The van der Waals surface area contributed by atoms with Gasteiger partial charge in [-0.15, -0.1) is 22.7 Å². The molecule has 2 aromatic heterocycles. The van der Waals surface area contributed by atoms with Gasteiger partial charge in [-0.25, -0.2) is 4.68 Å². The summed E-state index contributed by atoms with van der Waals surface area (Å²) in [6.07, 6.45) is 1.45. The van der Waals surface area contributed by atoms with E-state index in [1.54, 1.807) is 22.1 Å². The van der Waals surface area contributed by atoms with Crippen LogP contribution in [0.2, 0.25) is 0 Å². The molecule has 1 aliphatic rings. The van der Waals surface area contributed by atoms with E-state index >= 15 is 0 Å². The highest BCUT2D eigenvalue weighted by Gasteiger charge is 2.22. The average Bonchev–Trinajstić information content (AvgIpc) is 3.43. The van der Waals surface area contributed by atoms with Crippen LogP contribution in [0.3, 0.4) is 0 Å². The van der Waals surface area contributed by atoms with E-state index in [4.69, 9.17) is 9.47 Å². The van der Waals surface area contributed by atoms with Gasteiger partial charge in [-0.05, 0) is 24.4 Å². The number of benzene rings is 1. The molecule has 3 heterocycles. The minimum absolute atomic E-state index is 0.0405. The van der Waals surface area contributed by atoms with Crippen LogP contribution in [-0.4, -0.2) is 29.2 Å². The van der Waals surface area contributed by atoms with E-state index in [0.29, 0.717) is 28.4 Å². The van der Waals surface area contributed by atoms with Crippen molar-refractivity contribution < 1.29 is 14.4 Å². The Balaban J connectivity index is 1.81. The van der Waals surface area contributed by atoms with Crippen LogP contribution in [0.25, 0.3) is 10.6 Å². The molecule has 10 heteroatoms. The average molecular weight is 428 g/mol. The van der Waals surface area contributed by atoms with Crippen molar-refractivity contribution in [3.05, 3.63) is 67.7 Å². The maximum absolute atomic E-state index is 11.5. The van der Waals surface area contributed by atoms with E-state index in [9.17, 15) is 10.1 Å². The quantitative estimate of drug-likeness (QED) is 0.254. The molecule has 0 aliphatic carbocycles. The molecule has 148 valence electrons. The smallest absolute Gasteiger partial charge is 0.282 e. The zero-order valence-corrected chi connectivity index (χ0v) is 17.0. The summed E-state index contributed by atoms with van der Waals surface area (Å²) in [5.41, 5.74) is 2.01. The Bertz CT molecular complexity index is 1180. The number of hydrogen-bond acceptors (Lipinski definition) is 8. The van der Waals surface area contributed by atoms with Gasteiger partial charge in [0.15, 0.2) is 11.5 Å². The predicted molar refractivity (Wildman–Crippen MR) is 113 cm³/mol. The Morgan fingerprint density at radius 1 is 1.38 bits per heavy atom. The highest BCUT2D eigenvalue weighted by molar-refractivity contribution is 7.14. The van der Waals surface area contributed by atoms with Crippen molar-refractivity contribution in [3.8, 4) is 22.1 Å². The summed E-state index contributed by atoms with van der Waals surface area (Å²) < 4.78 is 12.3. The fourth-order valence-corrected chi connectivity index (χ4v) is 4.27. The lowest BCUT2D eigenvalue weighted by atomic mass is 10.1. The molecule has 0 N–H and O–H groups in total. The summed E-state index contributed by atoms with van der Waals surface area (Å²) in [4.78, 5) is 17.3. The van der Waals surface area contributed by atoms with Gasteiger partial charge < -0.3 is 9.47 Å². The van der Waals surface area contributed by atoms with E-state index in [2.05, 4.69) is 16.7 Å². The number of fused-ring (bicyclic) bond motifs is 1. The Hall–Kier alpha value is -3.24.